The normalized spacial score (nSPS) is 17.6. The van der Waals surface area contributed by atoms with Crippen molar-refractivity contribution in [2.24, 2.45) is 0 Å². The van der Waals surface area contributed by atoms with Gasteiger partial charge in [-0.3, -0.25) is 14.7 Å². The second kappa shape index (κ2) is 10.7. The molecule has 0 aliphatic carbocycles. The molecule has 2 aliphatic rings. The maximum absolute atomic E-state index is 8.90. The summed E-state index contributed by atoms with van der Waals surface area (Å²) in [6.45, 7) is 4.15. The Balaban J connectivity index is 1.34. The lowest BCUT2D eigenvalue weighted by Crippen LogP contribution is -2.49. The number of pyridine rings is 1. The minimum atomic E-state index is -0.568. The number of halogens is 2. The second-order valence-corrected chi connectivity index (χ2v) is 10.8. The molecule has 2 aromatic carbocycles. The van der Waals surface area contributed by atoms with Crippen molar-refractivity contribution in [3.63, 3.8) is 0 Å². The predicted octanol–water partition coefficient (Wildman–Crippen LogP) is 6.51. The van der Waals surface area contributed by atoms with Crippen molar-refractivity contribution in [3.8, 4) is 11.5 Å². The van der Waals surface area contributed by atoms with E-state index in [-0.39, 0.29) is 5.71 Å². The molecule has 194 valence electrons. The standard InChI is InChI=1S/C27H28Cl2N4O3S/c1-16(25-21(28)13-32-14-22(25)29)35-19-4-5-23(30)20(12-19)26(31)17-3-6-24-18(11-17)15-34-27(36-24)7-9-33(37-2)10-8-27/h3-6,11-14,16,31H,7-10,15,30H2,1-2H3/t16-/m1/s1. The second-order valence-electron chi connectivity index (χ2n) is 9.14. The summed E-state index contributed by atoms with van der Waals surface area (Å²) in [7, 11) is 0. The van der Waals surface area contributed by atoms with Crippen molar-refractivity contribution in [1.29, 1.82) is 5.41 Å². The van der Waals surface area contributed by atoms with Crippen LogP contribution in [0.2, 0.25) is 10.0 Å². The Morgan fingerprint density at radius 1 is 1.16 bits per heavy atom. The van der Waals surface area contributed by atoms with E-state index >= 15 is 0 Å². The third kappa shape index (κ3) is 5.40. The fraction of sp³-hybridized carbons (Fsp3) is 0.333. The van der Waals surface area contributed by atoms with Crippen LogP contribution in [0.1, 0.15) is 48.1 Å². The van der Waals surface area contributed by atoms with Crippen molar-refractivity contribution < 1.29 is 14.2 Å². The van der Waals surface area contributed by atoms with Gasteiger partial charge in [0.2, 0.25) is 5.79 Å². The quantitative estimate of drug-likeness (QED) is 0.202. The first-order valence-corrected chi connectivity index (χ1v) is 13.9. The van der Waals surface area contributed by atoms with Gasteiger partial charge in [0.15, 0.2) is 0 Å². The molecule has 3 aromatic rings. The van der Waals surface area contributed by atoms with Gasteiger partial charge in [-0.25, -0.2) is 0 Å². The Labute approximate surface area is 230 Å². The Morgan fingerprint density at radius 3 is 2.59 bits per heavy atom. The van der Waals surface area contributed by atoms with E-state index in [1.165, 1.54) is 12.4 Å². The monoisotopic (exact) mass is 558 g/mol. The summed E-state index contributed by atoms with van der Waals surface area (Å²) in [5.74, 6) is 0.792. The van der Waals surface area contributed by atoms with Gasteiger partial charge in [0.25, 0.3) is 0 Å². The maximum atomic E-state index is 8.90. The van der Waals surface area contributed by atoms with Crippen LogP contribution >= 0.6 is 35.1 Å². The van der Waals surface area contributed by atoms with Crippen LogP contribution in [0.5, 0.6) is 11.5 Å². The number of ether oxygens (including phenoxy) is 3. The van der Waals surface area contributed by atoms with Gasteiger partial charge < -0.3 is 19.9 Å². The fourth-order valence-electron chi connectivity index (χ4n) is 4.70. The van der Waals surface area contributed by atoms with Crippen LogP contribution in [-0.4, -0.2) is 40.1 Å². The van der Waals surface area contributed by atoms with Crippen LogP contribution in [0.15, 0.2) is 48.8 Å². The lowest BCUT2D eigenvalue weighted by Gasteiger charge is -2.43. The molecule has 0 saturated carbocycles. The molecule has 0 amide bonds. The molecule has 0 unspecified atom stereocenters. The zero-order chi connectivity index (χ0) is 26.2. The number of anilines is 1. The summed E-state index contributed by atoms with van der Waals surface area (Å²) in [6, 6.07) is 11.0. The Hall–Kier alpha value is -2.49. The summed E-state index contributed by atoms with van der Waals surface area (Å²) < 4.78 is 21.0. The van der Waals surface area contributed by atoms with Gasteiger partial charge >= 0.3 is 0 Å². The van der Waals surface area contributed by atoms with E-state index in [9.17, 15) is 0 Å². The SMILES string of the molecule is CSN1CCC2(CC1)OCc1cc(C(=N)c3cc(O[C@H](C)c4c(Cl)cncc4Cl)ccc3N)ccc1O2. The Kier molecular flexibility index (Phi) is 7.56. The summed E-state index contributed by atoms with van der Waals surface area (Å²) in [5.41, 5.74) is 9.89. The summed E-state index contributed by atoms with van der Waals surface area (Å²) >= 11 is 14.3. The molecule has 3 heterocycles. The van der Waals surface area contributed by atoms with E-state index in [0.29, 0.717) is 39.2 Å². The molecule has 1 saturated heterocycles. The van der Waals surface area contributed by atoms with Crippen molar-refractivity contribution in [2.45, 2.75) is 38.3 Å². The highest BCUT2D eigenvalue weighted by atomic mass is 35.5. The van der Waals surface area contributed by atoms with E-state index in [1.54, 1.807) is 30.1 Å². The average Bonchev–Trinajstić information content (AvgIpc) is 2.89. The van der Waals surface area contributed by atoms with Crippen molar-refractivity contribution in [2.75, 3.05) is 25.1 Å². The lowest BCUT2D eigenvalue weighted by molar-refractivity contribution is -0.223. The maximum Gasteiger partial charge on any atom is 0.213 e. The van der Waals surface area contributed by atoms with Gasteiger partial charge in [0.1, 0.15) is 17.6 Å². The number of nitrogens with two attached hydrogens (primary N) is 1. The van der Waals surface area contributed by atoms with E-state index in [0.717, 1.165) is 42.8 Å². The molecule has 1 spiro atoms. The number of benzene rings is 2. The van der Waals surface area contributed by atoms with E-state index in [1.807, 2.05) is 25.1 Å². The molecule has 1 fully saturated rings. The van der Waals surface area contributed by atoms with Crippen LogP contribution in [0, 0.1) is 5.41 Å². The summed E-state index contributed by atoms with van der Waals surface area (Å²) in [6.07, 6.45) is 6.37. The zero-order valence-electron chi connectivity index (χ0n) is 20.6. The zero-order valence-corrected chi connectivity index (χ0v) is 22.9. The predicted molar refractivity (Wildman–Crippen MR) is 149 cm³/mol. The number of piperidine rings is 1. The molecular weight excluding hydrogens is 531 g/mol. The van der Waals surface area contributed by atoms with Crippen molar-refractivity contribution >= 4 is 46.5 Å². The molecule has 37 heavy (non-hydrogen) atoms. The topological polar surface area (TPSA) is 93.7 Å². The number of aromatic nitrogens is 1. The van der Waals surface area contributed by atoms with Gasteiger partial charge in [-0.05, 0) is 49.6 Å². The highest BCUT2D eigenvalue weighted by Crippen LogP contribution is 2.39. The Morgan fingerprint density at radius 2 is 1.89 bits per heavy atom. The summed E-state index contributed by atoms with van der Waals surface area (Å²) in [5, 5.41) is 9.76. The molecule has 10 heteroatoms. The minimum Gasteiger partial charge on any atom is -0.486 e. The van der Waals surface area contributed by atoms with Gasteiger partial charge in [-0.15, -0.1) is 0 Å². The smallest absolute Gasteiger partial charge is 0.213 e. The first-order valence-electron chi connectivity index (χ1n) is 12.0. The molecule has 5 rings (SSSR count). The Bertz CT molecular complexity index is 1310. The highest BCUT2D eigenvalue weighted by Gasteiger charge is 2.41. The van der Waals surface area contributed by atoms with Crippen LogP contribution in [-0.2, 0) is 11.3 Å². The van der Waals surface area contributed by atoms with Gasteiger partial charge in [-0.1, -0.05) is 35.1 Å². The number of nitrogens with one attached hydrogen (secondary N) is 1. The molecule has 1 aromatic heterocycles. The van der Waals surface area contributed by atoms with Gasteiger partial charge in [0, 0.05) is 66.3 Å². The molecule has 3 N–H and O–H groups in total. The van der Waals surface area contributed by atoms with E-state index < -0.39 is 11.9 Å². The van der Waals surface area contributed by atoms with Crippen LogP contribution in [0.25, 0.3) is 0 Å². The fourth-order valence-corrected chi connectivity index (χ4v) is 5.92. The third-order valence-electron chi connectivity index (χ3n) is 6.78. The van der Waals surface area contributed by atoms with E-state index in [2.05, 4.69) is 15.5 Å². The van der Waals surface area contributed by atoms with Crippen LogP contribution in [0.3, 0.4) is 0 Å². The van der Waals surface area contributed by atoms with Crippen LogP contribution in [0.4, 0.5) is 5.69 Å². The summed E-state index contributed by atoms with van der Waals surface area (Å²) in [4.78, 5) is 3.99. The van der Waals surface area contributed by atoms with Crippen molar-refractivity contribution in [1.82, 2.24) is 9.29 Å². The number of hydrogen-bond acceptors (Lipinski definition) is 8. The molecular formula is C27H28Cl2N4O3S. The first kappa shape index (κ1) is 26.1. The highest BCUT2D eigenvalue weighted by molar-refractivity contribution is 7.96. The molecule has 0 radical (unpaired) electrons. The number of nitrogens with zero attached hydrogens (tertiary/aromatic N) is 2. The third-order valence-corrected chi connectivity index (χ3v) is 8.27. The van der Waals surface area contributed by atoms with Gasteiger partial charge in [0.05, 0.1) is 22.4 Å². The molecule has 7 nitrogen and oxygen atoms in total. The first-order chi connectivity index (χ1) is 17.8. The van der Waals surface area contributed by atoms with Gasteiger partial charge in [-0.2, -0.15) is 0 Å². The number of hydrogen-bond donors (Lipinski definition) is 2. The average molecular weight is 560 g/mol. The minimum absolute atomic E-state index is 0.284. The van der Waals surface area contributed by atoms with Crippen molar-refractivity contribution in [3.05, 3.63) is 81.1 Å². The molecule has 2 aliphatic heterocycles. The molecule has 0 bridgehead atoms. The lowest BCUT2D eigenvalue weighted by atomic mass is 9.97. The van der Waals surface area contributed by atoms with E-state index in [4.69, 9.17) is 48.6 Å². The van der Waals surface area contributed by atoms with Crippen LogP contribution < -0.4 is 15.2 Å². The largest absolute Gasteiger partial charge is 0.486 e. The number of nitrogen functional groups attached to an aromatic ring is 1. The number of fused-ring (bicyclic) bond motifs is 1. The molecule has 1 atom stereocenters. The number of rotatable bonds is 6.